The van der Waals surface area contributed by atoms with Crippen molar-refractivity contribution in [1.82, 2.24) is 5.32 Å². The Morgan fingerprint density at radius 1 is 1.10 bits per heavy atom. The highest BCUT2D eigenvalue weighted by Gasteiger charge is 2.36. The van der Waals surface area contributed by atoms with Gasteiger partial charge in [-0.15, -0.1) is 0 Å². The average molecular weight is 284 g/mol. The number of aryl methyl sites for hydroxylation is 1. The van der Waals surface area contributed by atoms with Crippen molar-refractivity contribution in [3.63, 3.8) is 0 Å². The molecule has 2 aliphatic rings. The first-order valence-corrected chi connectivity index (χ1v) is 8.08. The monoisotopic (exact) mass is 284 g/mol. The quantitative estimate of drug-likeness (QED) is 0.861. The second-order valence-corrected chi connectivity index (χ2v) is 5.90. The summed E-state index contributed by atoms with van der Waals surface area (Å²) in [6, 6.07) is 8.82. The lowest BCUT2D eigenvalue weighted by atomic mass is 9.78. The predicted molar refractivity (Wildman–Crippen MR) is 92.4 cm³/mol. The number of hydrogen-bond donors (Lipinski definition) is 1. The molecule has 0 saturated carbocycles. The summed E-state index contributed by atoms with van der Waals surface area (Å²) in [5.74, 6) is 1.36. The van der Waals surface area contributed by atoms with E-state index in [4.69, 9.17) is 0 Å². The molecular formula is C19H28N2. The molecule has 0 spiro atoms. The highest BCUT2D eigenvalue weighted by molar-refractivity contribution is 5.50. The fourth-order valence-electron chi connectivity index (χ4n) is 3.14. The molecule has 2 nitrogen and oxygen atoms in total. The average Bonchev–Trinajstić information content (AvgIpc) is 2.44. The van der Waals surface area contributed by atoms with Gasteiger partial charge in [0.05, 0.1) is 0 Å². The summed E-state index contributed by atoms with van der Waals surface area (Å²) in [5, 5.41) is 3.33. The van der Waals surface area contributed by atoms with Crippen molar-refractivity contribution in [2.75, 3.05) is 18.0 Å². The Morgan fingerprint density at radius 2 is 1.71 bits per heavy atom. The Morgan fingerprint density at radius 3 is 2.29 bits per heavy atom. The normalized spacial score (nSPS) is 22.0. The molecule has 1 N–H and O–H groups in total. The summed E-state index contributed by atoms with van der Waals surface area (Å²) < 4.78 is 0. The smallest absolute Gasteiger partial charge is 0.0366 e. The van der Waals surface area contributed by atoms with Crippen LogP contribution < -0.4 is 10.2 Å². The Labute approximate surface area is 129 Å². The van der Waals surface area contributed by atoms with E-state index in [2.05, 4.69) is 54.6 Å². The molecule has 2 aliphatic heterocycles. The molecule has 2 heterocycles. The van der Waals surface area contributed by atoms with Crippen LogP contribution in [0.15, 0.2) is 48.8 Å². The SMILES string of the molecule is C=C1CCC(C2CN(c3ccc(C)cc3)C2)C(=C)N1.CC. The van der Waals surface area contributed by atoms with Crippen LogP contribution in [0.4, 0.5) is 5.69 Å². The van der Waals surface area contributed by atoms with Crippen LogP contribution in [-0.2, 0) is 0 Å². The maximum absolute atomic E-state index is 4.17. The molecule has 2 fully saturated rings. The number of rotatable bonds is 2. The topological polar surface area (TPSA) is 15.3 Å². The van der Waals surface area contributed by atoms with Crippen molar-refractivity contribution >= 4 is 5.69 Å². The predicted octanol–water partition coefficient (Wildman–Crippen LogP) is 4.48. The summed E-state index contributed by atoms with van der Waals surface area (Å²) in [5.41, 5.74) is 4.96. The van der Waals surface area contributed by atoms with Crippen molar-refractivity contribution in [2.24, 2.45) is 11.8 Å². The van der Waals surface area contributed by atoms with E-state index in [1.165, 1.54) is 23.4 Å². The largest absolute Gasteiger partial charge is 0.371 e. The minimum atomic E-state index is 0.618. The summed E-state index contributed by atoms with van der Waals surface area (Å²) in [7, 11) is 0. The molecule has 2 saturated heterocycles. The van der Waals surface area contributed by atoms with Gasteiger partial charge in [-0.05, 0) is 31.9 Å². The minimum Gasteiger partial charge on any atom is -0.371 e. The first kappa shape index (κ1) is 15.7. The second-order valence-electron chi connectivity index (χ2n) is 5.90. The van der Waals surface area contributed by atoms with Gasteiger partial charge in [0.25, 0.3) is 0 Å². The lowest BCUT2D eigenvalue weighted by molar-refractivity contribution is 0.272. The first-order chi connectivity index (χ1) is 10.1. The van der Waals surface area contributed by atoms with E-state index in [9.17, 15) is 0 Å². The van der Waals surface area contributed by atoms with Gasteiger partial charge in [0.2, 0.25) is 0 Å². The van der Waals surface area contributed by atoms with Gasteiger partial charge < -0.3 is 10.2 Å². The van der Waals surface area contributed by atoms with E-state index in [0.29, 0.717) is 5.92 Å². The summed E-state index contributed by atoms with van der Waals surface area (Å²) in [6.45, 7) is 16.6. The molecular weight excluding hydrogens is 256 g/mol. The molecule has 0 aromatic heterocycles. The van der Waals surface area contributed by atoms with Crippen LogP contribution >= 0.6 is 0 Å². The van der Waals surface area contributed by atoms with Gasteiger partial charge in [0, 0.05) is 42.0 Å². The third-order valence-corrected chi connectivity index (χ3v) is 4.42. The summed E-state index contributed by atoms with van der Waals surface area (Å²) in [4.78, 5) is 2.46. The maximum Gasteiger partial charge on any atom is 0.0366 e. The van der Waals surface area contributed by atoms with Gasteiger partial charge in [-0.25, -0.2) is 0 Å². The van der Waals surface area contributed by atoms with Crippen LogP contribution in [0, 0.1) is 18.8 Å². The summed E-state index contributed by atoms with van der Waals surface area (Å²) >= 11 is 0. The first-order valence-electron chi connectivity index (χ1n) is 8.08. The van der Waals surface area contributed by atoms with Crippen LogP contribution in [-0.4, -0.2) is 13.1 Å². The summed E-state index contributed by atoms with van der Waals surface area (Å²) in [6.07, 6.45) is 2.29. The van der Waals surface area contributed by atoms with E-state index < -0.39 is 0 Å². The van der Waals surface area contributed by atoms with Gasteiger partial charge in [0.15, 0.2) is 0 Å². The third-order valence-electron chi connectivity index (χ3n) is 4.42. The molecule has 1 atom stereocenters. The Kier molecular flexibility index (Phi) is 5.11. The van der Waals surface area contributed by atoms with Gasteiger partial charge >= 0.3 is 0 Å². The molecule has 0 aliphatic carbocycles. The fraction of sp³-hybridized carbons (Fsp3) is 0.474. The minimum absolute atomic E-state index is 0.618. The number of anilines is 1. The van der Waals surface area contributed by atoms with E-state index in [0.717, 1.165) is 31.1 Å². The molecule has 1 aromatic rings. The van der Waals surface area contributed by atoms with Gasteiger partial charge in [0.1, 0.15) is 0 Å². The highest BCUT2D eigenvalue weighted by Crippen LogP contribution is 2.36. The molecule has 114 valence electrons. The third kappa shape index (κ3) is 3.49. The van der Waals surface area contributed by atoms with Crippen molar-refractivity contribution in [3.05, 3.63) is 54.4 Å². The molecule has 0 radical (unpaired) electrons. The Bertz CT molecular complexity index is 495. The number of hydrogen-bond acceptors (Lipinski definition) is 2. The molecule has 1 aromatic carbocycles. The zero-order valence-corrected chi connectivity index (χ0v) is 13.7. The van der Waals surface area contributed by atoms with Crippen molar-refractivity contribution in [2.45, 2.75) is 33.6 Å². The fourth-order valence-corrected chi connectivity index (χ4v) is 3.14. The second kappa shape index (κ2) is 6.84. The van der Waals surface area contributed by atoms with Crippen LogP contribution in [0.1, 0.15) is 32.3 Å². The van der Waals surface area contributed by atoms with E-state index in [1.807, 2.05) is 13.8 Å². The van der Waals surface area contributed by atoms with Gasteiger partial charge in [-0.1, -0.05) is 44.7 Å². The molecule has 0 bridgehead atoms. The zero-order valence-electron chi connectivity index (χ0n) is 13.7. The Hall–Kier alpha value is -1.70. The van der Waals surface area contributed by atoms with Crippen molar-refractivity contribution in [1.29, 1.82) is 0 Å². The van der Waals surface area contributed by atoms with Crippen molar-refractivity contribution in [3.8, 4) is 0 Å². The number of piperidine rings is 1. The number of allylic oxidation sites excluding steroid dienone is 2. The van der Waals surface area contributed by atoms with Crippen LogP contribution in [0.25, 0.3) is 0 Å². The van der Waals surface area contributed by atoms with Crippen molar-refractivity contribution < 1.29 is 0 Å². The van der Waals surface area contributed by atoms with E-state index in [1.54, 1.807) is 0 Å². The Balaban J connectivity index is 0.000000774. The molecule has 21 heavy (non-hydrogen) atoms. The molecule has 1 unspecified atom stereocenters. The molecule has 0 amide bonds. The van der Waals surface area contributed by atoms with E-state index in [-0.39, 0.29) is 0 Å². The highest BCUT2D eigenvalue weighted by atomic mass is 15.2. The maximum atomic E-state index is 4.17. The van der Waals surface area contributed by atoms with Gasteiger partial charge in [-0.2, -0.15) is 0 Å². The van der Waals surface area contributed by atoms with Crippen LogP contribution in [0.5, 0.6) is 0 Å². The van der Waals surface area contributed by atoms with Gasteiger partial charge in [-0.3, -0.25) is 0 Å². The number of benzene rings is 1. The lowest BCUT2D eigenvalue weighted by Crippen LogP contribution is -2.52. The number of nitrogens with one attached hydrogen (secondary N) is 1. The van der Waals surface area contributed by atoms with Crippen LogP contribution in [0.3, 0.4) is 0 Å². The standard InChI is InChI=1S/C17H22N2.C2H6/c1-12-4-7-16(8-5-12)19-10-15(11-19)17-9-6-13(2)18-14(17)3;1-2/h4-5,7-8,15,17-18H,2-3,6,9-11H2,1H3;1-2H3. The van der Waals surface area contributed by atoms with E-state index >= 15 is 0 Å². The van der Waals surface area contributed by atoms with Crippen LogP contribution in [0.2, 0.25) is 0 Å². The lowest BCUT2D eigenvalue weighted by Gasteiger charge is -2.47. The molecule has 3 rings (SSSR count). The molecule has 2 heteroatoms. The number of nitrogens with zero attached hydrogens (tertiary/aromatic N) is 1. The zero-order chi connectivity index (χ0) is 15.4.